The molecule has 2 aromatic rings. The van der Waals surface area contributed by atoms with Gasteiger partial charge in [0.1, 0.15) is 5.82 Å². The third-order valence-electron chi connectivity index (χ3n) is 2.86. The Balaban J connectivity index is 2.43. The van der Waals surface area contributed by atoms with Crippen LogP contribution < -0.4 is 5.73 Å². The molecule has 1 aromatic heterocycles. The Morgan fingerprint density at radius 3 is 2.89 bits per heavy atom. The first kappa shape index (κ1) is 14.5. The molecule has 0 saturated carbocycles. The van der Waals surface area contributed by atoms with Gasteiger partial charge >= 0.3 is 0 Å². The van der Waals surface area contributed by atoms with E-state index in [1.54, 1.807) is 23.0 Å². The Morgan fingerprint density at radius 1 is 1.53 bits per heavy atom. The summed E-state index contributed by atoms with van der Waals surface area (Å²) < 4.78 is 16.5. The average Bonchev–Trinajstić information content (AvgIpc) is 2.70. The fraction of sp³-hybridized carbons (Fsp3) is 0.308. The number of halogens is 3. The first-order valence-corrected chi connectivity index (χ1v) is 7.13. The molecule has 0 bridgehead atoms. The lowest BCUT2D eigenvalue weighted by molar-refractivity contribution is 0.544. The zero-order valence-electron chi connectivity index (χ0n) is 10.4. The van der Waals surface area contributed by atoms with Gasteiger partial charge in [0.05, 0.1) is 22.4 Å². The molecule has 102 valence electrons. The Hall–Kier alpha value is -0.910. The predicted octanol–water partition coefficient (Wildman–Crippen LogP) is 3.90. The Kier molecular flexibility index (Phi) is 4.60. The van der Waals surface area contributed by atoms with Crippen molar-refractivity contribution in [3.63, 3.8) is 0 Å². The summed E-state index contributed by atoms with van der Waals surface area (Å²) in [6.45, 7) is 2.79. The van der Waals surface area contributed by atoms with E-state index in [-0.39, 0.29) is 0 Å². The van der Waals surface area contributed by atoms with Crippen molar-refractivity contribution in [3.05, 3.63) is 51.0 Å². The van der Waals surface area contributed by atoms with Crippen LogP contribution in [0.1, 0.15) is 30.6 Å². The van der Waals surface area contributed by atoms with Crippen molar-refractivity contribution in [2.24, 2.45) is 5.73 Å². The molecular weight excluding hydrogens is 333 g/mol. The lowest BCUT2D eigenvalue weighted by Gasteiger charge is -2.16. The molecule has 0 aliphatic heterocycles. The maximum Gasteiger partial charge on any atom is 0.129 e. The van der Waals surface area contributed by atoms with Gasteiger partial charge in [0.15, 0.2) is 0 Å². The molecule has 1 atom stereocenters. The molecule has 0 aliphatic rings. The maximum atomic E-state index is 13.9. The summed E-state index contributed by atoms with van der Waals surface area (Å²) in [5.41, 5.74) is 7.34. The molecule has 19 heavy (non-hydrogen) atoms. The van der Waals surface area contributed by atoms with E-state index in [2.05, 4.69) is 21.0 Å². The molecule has 1 heterocycles. The second kappa shape index (κ2) is 6.03. The molecule has 2 rings (SSSR count). The van der Waals surface area contributed by atoms with Crippen LogP contribution in [-0.4, -0.2) is 9.78 Å². The summed E-state index contributed by atoms with van der Waals surface area (Å²) in [5, 5.41) is 4.60. The van der Waals surface area contributed by atoms with Crippen molar-refractivity contribution in [3.8, 4) is 0 Å². The maximum absolute atomic E-state index is 13.9. The lowest BCUT2D eigenvalue weighted by Crippen LogP contribution is -2.19. The second-order valence-electron chi connectivity index (χ2n) is 4.24. The van der Waals surface area contributed by atoms with E-state index in [4.69, 9.17) is 17.3 Å². The fourth-order valence-electron chi connectivity index (χ4n) is 1.97. The molecule has 0 spiro atoms. The smallest absolute Gasteiger partial charge is 0.129 e. The van der Waals surface area contributed by atoms with Crippen molar-refractivity contribution in [1.82, 2.24) is 9.78 Å². The summed E-state index contributed by atoms with van der Waals surface area (Å²) in [6, 6.07) is 3.93. The van der Waals surface area contributed by atoms with E-state index in [0.717, 1.165) is 23.1 Å². The normalized spacial score (nSPS) is 12.7. The molecule has 2 N–H and O–H groups in total. The highest BCUT2D eigenvalue weighted by Gasteiger charge is 2.20. The highest BCUT2D eigenvalue weighted by molar-refractivity contribution is 9.10. The highest BCUT2D eigenvalue weighted by Crippen LogP contribution is 2.29. The van der Waals surface area contributed by atoms with Crippen LogP contribution in [-0.2, 0) is 6.54 Å². The standard InChI is InChI=1S/C13H14BrClFN3/c1-2-5-19-13(10(14)7-18-19)12(17)9-4-3-8(15)6-11(9)16/h3-4,6-7,12H,2,5,17H2,1H3. The molecule has 6 heteroatoms. The summed E-state index contributed by atoms with van der Waals surface area (Å²) >= 11 is 9.16. The number of aromatic nitrogens is 2. The predicted molar refractivity (Wildman–Crippen MR) is 77.7 cm³/mol. The van der Waals surface area contributed by atoms with Gasteiger partial charge in [-0.05, 0) is 34.5 Å². The van der Waals surface area contributed by atoms with E-state index in [9.17, 15) is 4.39 Å². The quantitative estimate of drug-likeness (QED) is 0.912. The minimum absolute atomic E-state index is 0.356. The second-order valence-corrected chi connectivity index (χ2v) is 5.54. The van der Waals surface area contributed by atoms with Crippen LogP contribution in [0.15, 0.2) is 28.9 Å². The van der Waals surface area contributed by atoms with Gasteiger partial charge in [0, 0.05) is 17.1 Å². The van der Waals surface area contributed by atoms with E-state index in [1.165, 1.54) is 6.07 Å². The molecule has 1 unspecified atom stereocenters. The number of hydrogen-bond donors (Lipinski definition) is 1. The Labute approximate surface area is 124 Å². The van der Waals surface area contributed by atoms with Crippen molar-refractivity contribution in [2.45, 2.75) is 25.9 Å². The molecule has 3 nitrogen and oxygen atoms in total. The van der Waals surface area contributed by atoms with Gasteiger partial charge in [-0.1, -0.05) is 24.6 Å². The monoisotopic (exact) mass is 345 g/mol. The van der Waals surface area contributed by atoms with Crippen LogP contribution >= 0.6 is 27.5 Å². The SMILES string of the molecule is CCCn1ncc(Br)c1C(N)c1ccc(Cl)cc1F. The van der Waals surface area contributed by atoms with Gasteiger partial charge in [-0.3, -0.25) is 4.68 Å². The van der Waals surface area contributed by atoms with Gasteiger partial charge < -0.3 is 5.73 Å². The number of nitrogens with zero attached hydrogens (tertiary/aromatic N) is 2. The number of nitrogens with two attached hydrogens (primary N) is 1. The van der Waals surface area contributed by atoms with Gasteiger partial charge in [-0.15, -0.1) is 0 Å². The third kappa shape index (κ3) is 2.99. The van der Waals surface area contributed by atoms with Crippen LogP contribution in [0.3, 0.4) is 0 Å². The fourth-order valence-corrected chi connectivity index (χ4v) is 2.67. The van der Waals surface area contributed by atoms with Crippen molar-refractivity contribution < 1.29 is 4.39 Å². The number of benzene rings is 1. The first-order chi connectivity index (χ1) is 9.04. The van der Waals surface area contributed by atoms with Crippen LogP contribution in [0.5, 0.6) is 0 Å². The summed E-state index contributed by atoms with van der Waals surface area (Å²) in [7, 11) is 0. The van der Waals surface area contributed by atoms with Crippen LogP contribution in [0.2, 0.25) is 5.02 Å². The molecule has 0 fully saturated rings. The van der Waals surface area contributed by atoms with Crippen LogP contribution in [0, 0.1) is 5.82 Å². The zero-order chi connectivity index (χ0) is 14.0. The van der Waals surface area contributed by atoms with E-state index < -0.39 is 11.9 Å². The topological polar surface area (TPSA) is 43.8 Å². The zero-order valence-corrected chi connectivity index (χ0v) is 12.7. The van der Waals surface area contributed by atoms with E-state index in [1.807, 2.05) is 6.92 Å². The van der Waals surface area contributed by atoms with Crippen LogP contribution in [0.25, 0.3) is 0 Å². The van der Waals surface area contributed by atoms with Crippen molar-refractivity contribution in [2.75, 3.05) is 0 Å². The summed E-state index contributed by atoms with van der Waals surface area (Å²) in [5.74, 6) is -0.406. The van der Waals surface area contributed by atoms with Gasteiger partial charge in [-0.25, -0.2) is 4.39 Å². The lowest BCUT2D eigenvalue weighted by atomic mass is 10.0. The minimum atomic E-state index is -0.583. The number of aryl methyl sites for hydroxylation is 1. The van der Waals surface area contributed by atoms with Gasteiger partial charge in [0.25, 0.3) is 0 Å². The minimum Gasteiger partial charge on any atom is -0.319 e. The Bertz CT molecular complexity index is 585. The largest absolute Gasteiger partial charge is 0.319 e. The number of hydrogen-bond acceptors (Lipinski definition) is 2. The van der Waals surface area contributed by atoms with Crippen LogP contribution in [0.4, 0.5) is 4.39 Å². The first-order valence-electron chi connectivity index (χ1n) is 5.96. The molecule has 0 saturated heterocycles. The number of rotatable bonds is 4. The van der Waals surface area contributed by atoms with E-state index >= 15 is 0 Å². The third-order valence-corrected chi connectivity index (χ3v) is 3.71. The molecule has 0 radical (unpaired) electrons. The summed E-state index contributed by atoms with van der Waals surface area (Å²) in [4.78, 5) is 0. The van der Waals surface area contributed by atoms with Gasteiger partial charge in [0.2, 0.25) is 0 Å². The highest BCUT2D eigenvalue weighted by atomic mass is 79.9. The van der Waals surface area contributed by atoms with Gasteiger partial charge in [-0.2, -0.15) is 5.10 Å². The molecule has 1 aromatic carbocycles. The average molecular weight is 347 g/mol. The van der Waals surface area contributed by atoms with Crippen molar-refractivity contribution in [1.29, 1.82) is 0 Å². The molecule has 0 aliphatic carbocycles. The molecular formula is C13H14BrClFN3. The van der Waals surface area contributed by atoms with E-state index in [0.29, 0.717) is 10.6 Å². The van der Waals surface area contributed by atoms with Crippen molar-refractivity contribution >= 4 is 27.5 Å². The summed E-state index contributed by atoms with van der Waals surface area (Å²) in [6.07, 6.45) is 2.61. The molecule has 0 amide bonds. The Morgan fingerprint density at radius 2 is 2.26 bits per heavy atom.